The average Bonchev–Trinajstić information content (AvgIpc) is 2.43. The number of aliphatic hydroxyl groups is 1. The van der Waals surface area contributed by atoms with E-state index in [1.165, 1.54) is 0 Å². The number of aliphatic hydroxyl groups excluding tert-OH is 1. The molecule has 19 heavy (non-hydrogen) atoms. The van der Waals surface area contributed by atoms with E-state index in [4.69, 9.17) is 16.7 Å². The van der Waals surface area contributed by atoms with Crippen LogP contribution in [0.3, 0.4) is 0 Å². The second kappa shape index (κ2) is 7.96. The summed E-state index contributed by atoms with van der Waals surface area (Å²) >= 11 is 6.03. The minimum absolute atomic E-state index is 0.0706. The Kier molecular flexibility index (Phi) is 6.59. The van der Waals surface area contributed by atoms with Crippen LogP contribution in [0.1, 0.15) is 30.3 Å². The number of amides is 1. The number of carbonyl (C=O) groups excluding carboxylic acids is 1. The molecule has 0 fully saturated rings. The molecule has 1 aromatic heterocycles. The van der Waals surface area contributed by atoms with E-state index in [1.54, 1.807) is 24.1 Å². The molecule has 0 spiro atoms. The minimum atomic E-state index is -0.246. The summed E-state index contributed by atoms with van der Waals surface area (Å²) in [6.07, 6.45) is 1.86. The van der Waals surface area contributed by atoms with Gasteiger partial charge in [-0.05, 0) is 18.6 Å². The number of nitrogens with zero attached hydrogens (tertiary/aromatic N) is 2. The van der Waals surface area contributed by atoms with Crippen molar-refractivity contribution in [2.24, 2.45) is 0 Å². The summed E-state index contributed by atoms with van der Waals surface area (Å²) in [4.78, 5) is 18.1. The summed E-state index contributed by atoms with van der Waals surface area (Å²) in [5.74, 6) is 0.344. The van der Waals surface area contributed by atoms with Gasteiger partial charge in [0.1, 0.15) is 11.5 Å². The number of rotatable bonds is 7. The second-order valence-electron chi connectivity index (χ2n) is 4.15. The zero-order chi connectivity index (χ0) is 14.3. The molecule has 0 radical (unpaired) electrons. The number of carbonyl (C=O) groups is 1. The SMILES string of the molecule is CCCCN(CCO)C(=O)c1nc(NC)ccc1Cl. The standard InChI is InChI=1S/C13H20ClN3O2/c1-3-4-7-17(8-9-18)13(19)12-10(14)5-6-11(15-2)16-12/h5-6,18H,3-4,7-9H2,1-2H3,(H,15,16). The molecule has 0 saturated carbocycles. The lowest BCUT2D eigenvalue weighted by Crippen LogP contribution is -2.35. The van der Waals surface area contributed by atoms with Gasteiger partial charge < -0.3 is 15.3 Å². The molecule has 0 atom stereocenters. The van der Waals surface area contributed by atoms with E-state index in [1.807, 2.05) is 0 Å². The maximum absolute atomic E-state index is 12.4. The van der Waals surface area contributed by atoms with Gasteiger partial charge in [-0.3, -0.25) is 4.79 Å². The van der Waals surface area contributed by atoms with Crippen molar-refractivity contribution in [3.05, 3.63) is 22.8 Å². The van der Waals surface area contributed by atoms with Crippen molar-refractivity contribution in [1.29, 1.82) is 0 Å². The van der Waals surface area contributed by atoms with E-state index < -0.39 is 0 Å². The van der Waals surface area contributed by atoms with Crippen LogP contribution in [-0.4, -0.2) is 47.6 Å². The molecule has 6 heteroatoms. The molecule has 1 aromatic rings. The molecule has 0 saturated heterocycles. The van der Waals surface area contributed by atoms with Gasteiger partial charge in [0.05, 0.1) is 11.6 Å². The summed E-state index contributed by atoms with van der Waals surface area (Å²) in [5.41, 5.74) is 0.220. The maximum atomic E-state index is 12.4. The lowest BCUT2D eigenvalue weighted by atomic mass is 10.2. The van der Waals surface area contributed by atoms with Gasteiger partial charge in [-0.15, -0.1) is 0 Å². The Morgan fingerprint density at radius 3 is 2.79 bits per heavy atom. The third-order valence-corrected chi connectivity index (χ3v) is 3.05. The summed E-state index contributed by atoms with van der Waals surface area (Å²) in [5, 5.41) is 12.2. The van der Waals surface area contributed by atoms with Crippen LogP contribution < -0.4 is 5.32 Å². The van der Waals surface area contributed by atoms with Gasteiger partial charge in [0.2, 0.25) is 0 Å². The molecular weight excluding hydrogens is 266 g/mol. The predicted molar refractivity (Wildman–Crippen MR) is 76.7 cm³/mol. The lowest BCUT2D eigenvalue weighted by Gasteiger charge is -2.21. The Bertz CT molecular complexity index is 426. The normalized spacial score (nSPS) is 10.3. The van der Waals surface area contributed by atoms with Gasteiger partial charge in [-0.2, -0.15) is 0 Å². The van der Waals surface area contributed by atoms with E-state index in [0.717, 1.165) is 12.8 Å². The van der Waals surface area contributed by atoms with Crippen LogP contribution in [0.15, 0.2) is 12.1 Å². The van der Waals surface area contributed by atoms with Gasteiger partial charge in [-0.1, -0.05) is 24.9 Å². The number of anilines is 1. The molecule has 106 valence electrons. The highest BCUT2D eigenvalue weighted by molar-refractivity contribution is 6.33. The Morgan fingerprint density at radius 2 is 2.21 bits per heavy atom. The number of pyridine rings is 1. The van der Waals surface area contributed by atoms with Crippen LogP contribution in [0.2, 0.25) is 5.02 Å². The Labute approximate surface area is 118 Å². The molecule has 0 bridgehead atoms. The van der Waals surface area contributed by atoms with Crippen LogP contribution in [0.5, 0.6) is 0 Å². The first kappa shape index (κ1) is 15.7. The van der Waals surface area contributed by atoms with E-state index in [-0.39, 0.29) is 18.2 Å². The van der Waals surface area contributed by atoms with Crippen molar-refractivity contribution >= 4 is 23.3 Å². The highest BCUT2D eigenvalue weighted by atomic mass is 35.5. The first-order valence-electron chi connectivity index (χ1n) is 6.38. The maximum Gasteiger partial charge on any atom is 0.274 e. The molecular formula is C13H20ClN3O2. The molecule has 1 rings (SSSR count). The molecule has 0 aliphatic heterocycles. The minimum Gasteiger partial charge on any atom is -0.395 e. The van der Waals surface area contributed by atoms with Gasteiger partial charge in [0.15, 0.2) is 0 Å². The van der Waals surface area contributed by atoms with Crippen LogP contribution in [-0.2, 0) is 0 Å². The highest BCUT2D eigenvalue weighted by Crippen LogP contribution is 2.18. The topological polar surface area (TPSA) is 65.5 Å². The molecule has 5 nitrogen and oxygen atoms in total. The van der Waals surface area contributed by atoms with Crippen molar-refractivity contribution in [1.82, 2.24) is 9.88 Å². The van der Waals surface area contributed by atoms with Gasteiger partial charge in [0.25, 0.3) is 5.91 Å². The fourth-order valence-corrected chi connectivity index (χ4v) is 1.85. The number of nitrogens with one attached hydrogen (secondary N) is 1. The van der Waals surface area contributed by atoms with Crippen LogP contribution >= 0.6 is 11.6 Å². The first-order chi connectivity index (χ1) is 9.13. The number of halogens is 1. The number of hydrogen-bond donors (Lipinski definition) is 2. The van der Waals surface area contributed by atoms with Crippen LogP contribution in [0.4, 0.5) is 5.82 Å². The van der Waals surface area contributed by atoms with Crippen LogP contribution in [0, 0.1) is 0 Å². The van der Waals surface area contributed by atoms with Crippen molar-refractivity contribution in [2.75, 3.05) is 32.1 Å². The fraction of sp³-hybridized carbons (Fsp3) is 0.538. The second-order valence-corrected chi connectivity index (χ2v) is 4.55. The monoisotopic (exact) mass is 285 g/mol. The lowest BCUT2D eigenvalue weighted by molar-refractivity contribution is 0.0714. The fourth-order valence-electron chi connectivity index (χ4n) is 1.67. The van der Waals surface area contributed by atoms with Crippen molar-refractivity contribution in [2.45, 2.75) is 19.8 Å². The van der Waals surface area contributed by atoms with Crippen molar-refractivity contribution in [3.63, 3.8) is 0 Å². The Balaban J connectivity index is 2.94. The third-order valence-electron chi connectivity index (χ3n) is 2.74. The molecule has 2 N–H and O–H groups in total. The van der Waals surface area contributed by atoms with E-state index in [9.17, 15) is 4.79 Å². The Morgan fingerprint density at radius 1 is 1.47 bits per heavy atom. The van der Waals surface area contributed by atoms with E-state index in [0.29, 0.717) is 23.9 Å². The smallest absolute Gasteiger partial charge is 0.274 e. The molecule has 1 amide bonds. The summed E-state index contributed by atoms with van der Waals surface area (Å²) in [6.45, 7) is 2.87. The summed E-state index contributed by atoms with van der Waals surface area (Å²) < 4.78 is 0. The zero-order valence-corrected chi connectivity index (χ0v) is 12.1. The van der Waals surface area contributed by atoms with Crippen molar-refractivity contribution < 1.29 is 9.90 Å². The first-order valence-corrected chi connectivity index (χ1v) is 6.76. The quantitative estimate of drug-likeness (QED) is 0.804. The van der Waals surface area contributed by atoms with Crippen molar-refractivity contribution in [3.8, 4) is 0 Å². The summed E-state index contributed by atoms with van der Waals surface area (Å²) in [7, 11) is 1.73. The van der Waals surface area contributed by atoms with Gasteiger partial charge in [0, 0.05) is 20.1 Å². The average molecular weight is 286 g/mol. The molecule has 0 aliphatic rings. The molecule has 1 heterocycles. The van der Waals surface area contributed by atoms with Gasteiger partial charge >= 0.3 is 0 Å². The third kappa shape index (κ3) is 4.36. The zero-order valence-electron chi connectivity index (χ0n) is 11.3. The highest BCUT2D eigenvalue weighted by Gasteiger charge is 2.19. The van der Waals surface area contributed by atoms with Crippen LogP contribution in [0.25, 0.3) is 0 Å². The van der Waals surface area contributed by atoms with E-state index >= 15 is 0 Å². The van der Waals surface area contributed by atoms with Gasteiger partial charge in [-0.25, -0.2) is 4.98 Å². The number of aromatic nitrogens is 1. The molecule has 0 aromatic carbocycles. The predicted octanol–water partition coefficient (Wildman–Crippen LogP) is 2.01. The molecule has 0 unspecified atom stereocenters. The van der Waals surface area contributed by atoms with E-state index in [2.05, 4.69) is 17.2 Å². The molecule has 0 aliphatic carbocycles. The number of hydrogen-bond acceptors (Lipinski definition) is 4. The number of unbranched alkanes of at least 4 members (excludes halogenated alkanes) is 1. The summed E-state index contributed by atoms with van der Waals surface area (Å²) in [6, 6.07) is 3.35. The Hall–Kier alpha value is -1.33. The largest absolute Gasteiger partial charge is 0.395 e.